The zero-order valence-corrected chi connectivity index (χ0v) is 12.0. The predicted octanol–water partition coefficient (Wildman–Crippen LogP) is 3.10. The van der Waals surface area contributed by atoms with Crippen LogP contribution in [-0.4, -0.2) is 18.2 Å². The molecule has 2 unspecified atom stereocenters. The number of carbonyl (C=O) groups excluding carboxylic acids is 1. The average Bonchev–Trinajstić information content (AvgIpc) is 2.74. The van der Waals surface area contributed by atoms with Gasteiger partial charge in [-0.3, -0.25) is 0 Å². The van der Waals surface area contributed by atoms with E-state index in [9.17, 15) is 9.90 Å². The van der Waals surface area contributed by atoms with E-state index in [1.165, 1.54) is 7.11 Å². The number of esters is 1. The third kappa shape index (κ3) is 2.84. The highest BCUT2D eigenvalue weighted by molar-refractivity contribution is 5.86. The van der Waals surface area contributed by atoms with Crippen LogP contribution in [0, 0.1) is 11.3 Å². The number of aliphatic hydroxyl groups is 1. The van der Waals surface area contributed by atoms with Gasteiger partial charge in [0.1, 0.15) is 11.4 Å². The number of carbonyl (C=O) groups is 1. The summed E-state index contributed by atoms with van der Waals surface area (Å²) in [6.07, 6.45) is 2.38. The molecule has 1 aromatic heterocycles. The van der Waals surface area contributed by atoms with Gasteiger partial charge in [-0.25, -0.2) is 4.79 Å². The molecule has 0 saturated heterocycles. The summed E-state index contributed by atoms with van der Waals surface area (Å²) in [4.78, 5) is 11.4. The molecule has 19 heavy (non-hydrogen) atoms. The van der Waals surface area contributed by atoms with E-state index in [2.05, 4.69) is 25.5 Å². The number of hydrogen-bond donors (Lipinski definition) is 1. The topological polar surface area (TPSA) is 59.7 Å². The zero-order valence-electron chi connectivity index (χ0n) is 12.0. The minimum Gasteiger partial charge on any atom is -0.463 e. The number of rotatable bonds is 2. The van der Waals surface area contributed by atoms with Gasteiger partial charge in [0.25, 0.3) is 0 Å². The van der Waals surface area contributed by atoms with Crippen LogP contribution in [0.5, 0.6) is 0 Å². The molecule has 4 heteroatoms. The van der Waals surface area contributed by atoms with Crippen molar-refractivity contribution < 1.29 is 19.1 Å². The average molecular weight is 266 g/mol. The fraction of sp³-hybridized carbons (Fsp3) is 0.667. The fourth-order valence-corrected chi connectivity index (χ4v) is 3.51. The highest BCUT2D eigenvalue weighted by Crippen LogP contribution is 2.48. The van der Waals surface area contributed by atoms with Gasteiger partial charge in [0, 0.05) is 0 Å². The zero-order chi connectivity index (χ0) is 14.3. The molecule has 0 aliphatic heterocycles. The molecule has 2 atom stereocenters. The molecule has 2 rings (SSSR count). The molecule has 1 heterocycles. The standard InChI is InChI=1S/C15H22O4/c1-10-7-14(2,3)9-15(17,8-10)12-6-5-11(19-12)13(16)18-4/h5-6,10,17H,7-9H2,1-4H3. The minimum atomic E-state index is -0.993. The lowest BCUT2D eigenvalue weighted by atomic mass is 9.65. The molecule has 4 nitrogen and oxygen atoms in total. The van der Waals surface area contributed by atoms with Gasteiger partial charge >= 0.3 is 5.97 Å². The molecule has 1 fully saturated rings. The molecule has 1 N–H and O–H groups in total. The summed E-state index contributed by atoms with van der Waals surface area (Å²) in [5.74, 6) is 0.507. The van der Waals surface area contributed by atoms with Gasteiger partial charge in [-0.1, -0.05) is 20.8 Å². The highest BCUT2D eigenvalue weighted by atomic mass is 16.5. The van der Waals surface area contributed by atoms with Gasteiger partial charge in [-0.05, 0) is 42.7 Å². The molecule has 0 bridgehead atoms. The first-order valence-electron chi connectivity index (χ1n) is 6.67. The van der Waals surface area contributed by atoms with Crippen molar-refractivity contribution in [1.82, 2.24) is 0 Å². The molecule has 1 aliphatic rings. The van der Waals surface area contributed by atoms with Crippen molar-refractivity contribution in [1.29, 1.82) is 0 Å². The Morgan fingerprint density at radius 1 is 1.42 bits per heavy atom. The Labute approximate surface area is 113 Å². The van der Waals surface area contributed by atoms with Crippen molar-refractivity contribution in [3.8, 4) is 0 Å². The van der Waals surface area contributed by atoms with Crippen molar-refractivity contribution in [2.24, 2.45) is 11.3 Å². The molecule has 1 saturated carbocycles. The number of ether oxygens (including phenoxy) is 1. The summed E-state index contributed by atoms with van der Waals surface area (Å²) in [6, 6.07) is 3.24. The van der Waals surface area contributed by atoms with E-state index in [0.29, 0.717) is 24.5 Å². The summed E-state index contributed by atoms with van der Waals surface area (Å²) in [5.41, 5.74) is -0.932. The third-order valence-electron chi connectivity index (χ3n) is 3.81. The van der Waals surface area contributed by atoms with Crippen LogP contribution in [0.15, 0.2) is 16.5 Å². The lowest BCUT2D eigenvalue weighted by molar-refractivity contribution is -0.0779. The lowest BCUT2D eigenvalue weighted by Gasteiger charge is -2.43. The fourth-order valence-electron chi connectivity index (χ4n) is 3.51. The van der Waals surface area contributed by atoms with Gasteiger partial charge in [0.2, 0.25) is 5.76 Å². The molecule has 0 amide bonds. The summed E-state index contributed by atoms with van der Waals surface area (Å²) in [6.45, 7) is 6.44. The van der Waals surface area contributed by atoms with Crippen LogP contribution < -0.4 is 0 Å². The van der Waals surface area contributed by atoms with Crippen LogP contribution in [0.2, 0.25) is 0 Å². The first kappa shape index (κ1) is 14.1. The van der Waals surface area contributed by atoms with E-state index in [4.69, 9.17) is 4.42 Å². The molecular formula is C15H22O4. The molecular weight excluding hydrogens is 244 g/mol. The molecule has 0 aromatic carbocycles. The van der Waals surface area contributed by atoms with Crippen LogP contribution in [-0.2, 0) is 10.3 Å². The Morgan fingerprint density at radius 3 is 2.68 bits per heavy atom. The Morgan fingerprint density at radius 2 is 2.11 bits per heavy atom. The molecule has 0 spiro atoms. The second kappa shape index (κ2) is 4.67. The summed E-state index contributed by atoms with van der Waals surface area (Å²) in [7, 11) is 1.31. The highest BCUT2D eigenvalue weighted by Gasteiger charge is 2.44. The number of hydrogen-bond acceptors (Lipinski definition) is 4. The second-order valence-corrected chi connectivity index (χ2v) is 6.54. The molecule has 0 radical (unpaired) electrons. The maximum Gasteiger partial charge on any atom is 0.373 e. The Balaban J connectivity index is 2.29. The summed E-state index contributed by atoms with van der Waals surface area (Å²) in [5, 5.41) is 10.9. The van der Waals surface area contributed by atoms with Crippen molar-refractivity contribution in [3.63, 3.8) is 0 Å². The Hall–Kier alpha value is -1.29. The predicted molar refractivity (Wildman–Crippen MR) is 70.7 cm³/mol. The lowest BCUT2D eigenvalue weighted by Crippen LogP contribution is -2.39. The molecule has 106 valence electrons. The van der Waals surface area contributed by atoms with E-state index in [1.54, 1.807) is 12.1 Å². The quantitative estimate of drug-likeness (QED) is 0.836. The largest absolute Gasteiger partial charge is 0.463 e. The van der Waals surface area contributed by atoms with E-state index >= 15 is 0 Å². The monoisotopic (exact) mass is 266 g/mol. The van der Waals surface area contributed by atoms with Crippen molar-refractivity contribution in [3.05, 3.63) is 23.7 Å². The third-order valence-corrected chi connectivity index (χ3v) is 3.81. The Bertz CT molecular complexity index is 474. The van der Waals surface area contributed by atoms with E-state index in [-0.39, 0.29) is 11.2 Å². The van der Waals surface area contributed by atoms with Crippen LogP contribution >= 0.6 is 0 Å². The van der Waals surface area contributed by atoms with E-state index < -0.39 is 11.6 Å². The van der Waals surface area contributed by atoms with Crippen LogP contribution in [0.25, 0.3) is 0 Å². The maximum absolute atomic E-state index is 11.4. The maximum atomic E-state index is 11.4. The van der Waals surface area contributed by atoms with Crippen molar-refractivity contribution in [2.45, 2.75) is 45.6 Å². The van der Waals surface area contributed by atoms with Gasteiger partial charge in [-0.15, -0.1) is 0 Å². The SMILES string of the molecule is COC(=O)c1ccc(C2(O)CC(C)CC(C)(C)C2)o1. The minimum absolute atomic E-state index is 0.0602. The normalized spacial score (nSPS) is 30.1. The van der Waals surface area contributed by atoms with E-state index in [0.717, 1.165) is 6.42 Å². The van der Waals surface area contributed by atoms with Gasteiger partial charge in [0.15, 0.2) is 0 Å². The van der Waals surface area contributed by atoms with Crippen molar-refractivity contribution in [2.75, 3.05) is 7.11 Å². The van der Waals surface area contributed by atoms with Crippen LogP contribution in [0.1, 0.15) is 56.3 Å². The van der Waals surface area contributed by atoms with Gasteiger partial charge in [-0.2, -0.15) is 0 Å². The number of furan rings is 1. The summed E-state index contributed by atoms with van der Waals surface area (Å²) < 4.78 is 10.1. The smallest absolute Gasteiger partial charge is 0.373 e. The first-order valence-corrected chi connectivity index (χ1v) is 6.67. The van der Waals surface area contributed by atoms with E-state index in [1.807, 2.05) is 0 Å². The summed E-state index contributed by atoms with van der Waals surface area (Å²) >= 11 is 0. The Kier molecular flexibility index (Phi) is 3.47. The molecule has 1 aromatic rings. The molecule has 1 aliphatic carbocycles. The number of methoxy groups -OCH3 is 1. The van der Waals surface area contributed by atoms with Crippen molar-refractivity contribution >= 4 is 5.97 Å². The second-order valence-electron chi connectivity index (χ2n) is 6.54. The first-order chi connectivity index (χ1) is 8.76. The van der Waals surface area contributed by atoms with Gasteiger partial charge < -0.3 is 14.3 Å². The van der Waals surface area contributed by atoms with Crippen LogP contribution in [0.3, 0.4) is 0 Å². The van der Waals surface area contributed by atoms with Crippen LogP contribution in [0.4, 0.5) is 0 Å². The van der Waals surface area contributed by atoms with Gasteiger partial charge in [0.05, 0.1) is 7.11 Å².